The molecule has 4 rings (SSSR count). The fraction of sp³-hybridized carbons (Fsp3) is 0.667. The first-order valence-electron chi connectivity index (χ1n) is 11.5. The molecule has 3 aliphatic heterocycles. The van der Waals surface area contributed by atoms with Crippen LogP contribution >= 0.6 is 11.6 Å². The molecule has 2 fully saturated rings. The Morgan fingerprint density at radius 3 is 2.56 bits per heavy atom. The normalized spacial score (nSPS) is 22.4. The summed E-state index contributed by atoms with van der Waals surface area (Å²) in [6.07, 6.45) is 1.96. The molecule has 0 N–H and O–H groups in total. The van der Waals surface area contributed by atoms with E-state index in [1.165, 1.54) is 0 Å². The molecule has 2 saturated heterocycles. The Morgan fingerprint density at radius 2 is 1.84 bits per heavy atom. The van der Waals surface area contributed by atoms with Crippen molar-refractivity contribution in [3.63, 3.8) is 0 Å². The van der Waals surface area contributed by atoms with Gasteiger partial charge in [-0.3, -0.25) is 9.69 Å². The van der Waals surface area contributed by atoms with E-state index in [4.69, 9.17) is 25.8 Å². The summed E-state index contributed by atoms with van der Waals surface area (Å²) in [4.78, 5) is 29.7. The van der Waals surface area contributed by atoms with Crippen LogP contribution in [-0.2, 0) is 32.0 Å². The minimum Gasteiger partial charge on any atom is -0.444 e. The van der Waals surface area contributed by atoms with Crippen molar-refractivity contribution in [2.75, 3.05) is 39.5 Å². The van der Waals surface area contributed by atoms with E-state index in [1.54, 1.807) is 4.90 Å². The third-order valence-electron chi connectivity index (χ3n) is 6.33. The molecule has 176 valence electrons. The van der Waals surface area contributed by atoms with Crippen molar-refractivity contribution in [3.8, 4) is 0 Å². The van der Waals surface area contributed by atoms with Crippen LogP contribution in [0.3, 0.4) is 0 Å². The summed E-state index contributed by atoms with van der Waals surface area (Å²) in [5.74, 6) is 0.246. The molecule has 32 heavy (non-hydrogen) atoms. The average molecular weight is 465 g/mol. The Morgan fingerprint density at radius 1 is 1.09 bits per heavy atom. The van der Waals surface area contributed by atoms with Gasteiger partial charge in [-0.2, -0.15) is 0 Å². The lowest BCUT2D eigenvalue weighted by Gasteiger charge is -2.39. The summed E-state index contributed by atoms with van der Waals surface area (Å²) in [5, 5.41) is 0.605. The largest absolute Gasteiger partial charge is 0.444 e. The average Bonchev–Trinajstić information content (AvgIpc) is 2.77. The molecule has 0 bridgehead atoms. The van der Waals surface area contributed by atoms with E-state index in [1.807, 2.05) is 37.8 Å². The van der Waals surface area contributed by atoms with E-state index in [-0.39, 0.29) is 24.0 Å². The number of fused-ring (bicyclic) bond motifs is 1. The first kappa shape index (κ1) is 23.3. The van der Waals surface area contributed by atoms with Gasteiger partial charge >= 0.3 is 6.09 Å². The maximum atomic E-state index is 13.1. The van der Waals surface area contributed by atoms with E-state index in [0.29, 0.717) is 51.1 Å². The monoisotopic (exact) mass is 464 g/mol. The number of ether oxygens (including phenoxy) is 3. The molecule has 0 spiro atoms. The molecule has 0 radical (unpaired) electrons. The summed E-state index contributed by atoms with van der Waals surface area (Å²) < 4.78 is 16.8. The zero-order chi connectivity index (χ0) is 22.9. The molecular weight excluding hydrogens is 432 g/mol. The summed E-state index contributed by atoms with van der Waals surface area (Å²) >= 11 is 6.52. The first-order valence-corrected chi connectivity index (χ1v) is 11.9. The second kappa shape index (κ2) is 9.57. The van der Waals surface area contributed by atoms with Crippen molar-refractivity contribution in [1.29, 1.82) is 0 Å². The molecule has 1 atom stereocenters. The van der Waals surface area contributed by atoms with Crippen LogP contribution in [0.15, 0.2) is 12.1 Å². The smallest absolute Gasteiger partial charge is 0.410 e. The van der Waals surface area contributed by atoms with Crippen LogP contribution in [0.1, 0.15) is 56.3 Å². The van der Waals surface area contributed by atoms with Gasteiger partial charge in [0.15, 0.2) is 0 Å². The summed E-state index contributed by atoms with van der Waals surface area (Å²) in [7, 11) is 0. The lowest BCUT2D eigenvalue weighted by molar-refractivity contribution is -0.139. The number of halogens is 1. The molecular formula is C24H33ClN2O5. The van der Waals surface area contributed by atoms with Crippen LogP contribution in [0.2, 0.25) is 5.02 Å². The molecule has 0 aromatic heterocycles. The second-order valence-electron chi connectivity index (χ2n) is 9.79. The fourth-order valence-electron chi connectivity index (χ4n) is 4.78. The molecule has 8 heteroatoms. The van der Waals surface area contributed by atoms with Crippen molar-refractivity contribution in [3.05, 3.63) is 33.8 Å². The van der Waals surface area contributed by atoms with Gasteiger partial charge in [0, 0.05) is 43.8 Å². The minimum atomic E-state index is -0.571. The highest BCUT2D eigenvalue weighted by atomic mass is 35.5. The van der Waals surface area contributed by atoms with Gasteiger partial charge < -0.3 is 19.1 Å². The number of carbonyl (C=O) groups is 2. The number of amides is 2. The number of hydrogen-bond acceptors (Lipinski definition) is 5. The molecule has 3 heterocycles. The third kappa shape index (κ3) is 5.21. The van der Waals surface area contributed by atoms with Gasteiger partial charge in [-0.1, -0.05) is 11.6 Å². The van der Waals surface area contributed by atoms with Crippen LogP contribution in [-0.4, -0.2) is 66.9 Å². The van der Waals surface area contributed by atoms with Gasteiger partial charge in [0.25, 0.3) is 0 Å². The summed E-state index contributed by atoms with van der Waals surface area (Å²) in [5.41, 5.74) is 2.64. The highest BCUT2D eigenvalue weighted by Gasteiger charge is 2.36. The number of benzene rings is 1. The number of rotatable bonds is 2. The lowest BCUT2D eigenvalue weighted by atomic mass is 9.89. The Labute approximate surface area is 194 Å². The topological polar surface area (TPSA) is 68.3 Å². The molecule has 0 unspecified atom stereocenters. The standard InChI is InChI=1S/C24H33ClN2O5/c1-24(2,3)32-23(29)27-8-11-31-15-21(27)20-13-18(25)12-17-14-26(7-4-19(17)20)22(28)16-5-9-30-10-6-16/h12-13,16,21H,4-11,14-15H2,1-3H3/t21-/m0/s1. The zero-order valence-corrected chi connectivity index (χ0v) is 20.0. The first-order chi connectivity index (χ1) is 15.2. The lowest BCUT2D eigenvalue weighted by Crippen LogP contribution is -2.46. The van der Waals surface area contributed by atoms with Crippen molar-refractivity contribution in [2.24, 2.45) is 5.92 Å². The third-order valence-corrected chi connectivity index (χ3v) is 6.55. The number of morpholine rings is 1. The maximum absolute atomic E-state index is 13.1. The SMILES string of the molecule is CC(C)(C)OC(=O)N1CCOC[C@H]1c1cc(Cl)cc2c1CCN(C(=O)C1CCOCC1)C2. The second-order valence-corrected chi connectivity index (χ2v) is 10.2. The predicted molar refractivity (Wildman–Crippen MR) is 121 cm³/mol. The van der Waals surface area contributed by atoms with Crippen LogP contribution in [0.5, 0.6) is 0 Å². The molecule has 0 saturated carbocycles. The number of hydrogen-bond donors (Lipinski definition) is 0. The van der Waals surface area contributed by atoms with Gasteiger partial charge in [0.1, 0.15) is 5.60 Å². The molecule has 7 nitrogen and oxygen atoms in total. The van der Waals surface area contributed by atoms with Gasteiger partial charge in [-0.25, -0.2) is 4.79 Å². The predicted octanol–water partition coefficient (Wildman–Crippen LogP) is 3.96. The van der Waals surface area contributed by atoms with E-state index in [9.17, 15) is 9.59 Å². The summed E-state index contributed by atoms with van der Waals surface area (Å²) in [6.45, 7) is 9.45. The fourth-order valence-corrected chi connectivity index (χ4v) is 5.03. The van der Waals surface area contributed by atoms with Crippen LogP contribution in [0.25, 0.3) is 0 Å². The quantitative estimate of drug-likeness (QED) is 0.662. The Hall–Kier alpha value is -1.83. The Bertz CT molecular complexity index is 863. The van der Waals surface area contributed by atoms with Gasteiger partial charge in [-0.05, 0) is 68.9 Å². The van der Waals surface area contributed by atoms with Crippen molar-refractivity contribution in [2.45, 2.75) is 58.2 Å². The Kier molecular flexibility index (Phi) is 6.98. The highest BCUT2D eigenvalue weighted by molar-refractivity contribution is 6.30. The van der Waals surface area contributed by atoms with Crippen molar-refractivity contribution >= 4 is 23.6 Å². The van der Waals surface area contributed by atoms with Crippen LogP contribution in [0.4, 0.5) is 4.79 Å². The van der Waals surface area contributed by atoms with Crippen molar-refractivity contribution in [1.82, 2.24) is 9.80 Å². The summed E-state index contributed by atoms with van der Waals surface area (Å²) in [6, 6.07) is 3.63. The van der Waals surface area contributed by atoms with Gasteiger partial charge in [0.2, 0.25) is 5.91 Å². The van der Waals surface area contributed by atoms with Crippen molar-refractivity contribution < 1.29 is 23.8 Å². The Balaban J connectivity index is 1.57. The van der Waals surface area contributed by atoms with Crippen LogP contribution < -0.4 is 0 Å². The maximum Gasteiger partial charge on any atom is 0.410 e. The van der Waals surface area contributed by atoms with Gasteiger partial charge in [0.05, 0.1) is 19.3 Å². The zero-order valence-electron chi connectivity index (χ0n) is 19.2. The minimum absolute atomic E-state index is 0.0401. The molecule has 0 aliphatic carbocycles. The van der Waals surface area contributed by atoms with E-state index in [0.717, 1.165) is 36.0 Å². The molecule has 1 aromatic rings. The number of nitrogens with zero attached hydrogens (tertiary/aromatic N) is 2. The molecule has 3 aliphatic rings. The van der Waals surface area contributed by atoms with E-state index < -0.39 is 5.60 Å². The van der Waals surface area contributed by atoms with E-state index in [2.05, 4.69) is 0 Å². The van der Waals surface area contributed by atoms with Crippen LogP contribution in [0, 0.1) is 5.92 Å². The molecule has 2 amide bonds. The van der Waals surface area contributed by atoms with Gasteiger partial charge in [-0.15, -0.1) is 0 Å². The highest BCUT2D eigenvalue weighted by Crippen LogP contribution is 2.35. The molecule has 1 aromatic carbocycles. The van der Waals surface area contributed by atoms with E-state index >= 15 is 0 Å². The number of carbonyl (C=O) groups excluding carboxylic acids is 2.